The Bertz CT molecular complexity index is 526. The first kappa shape index (κ1) is 14.1. The van der Waals surface area contributed by atoms with Gasteiger partial charge in [0.25, 0.3) is 0 Å². The number of nitrogens with zero attached hydrogens (tertiary/aromatic N) is 1. The van der Waals surface area contributed by atoms with Crippen molar-refractivity contribution < 1.29 is 14.3 Å². The molecule has 0 aromatic heterocycles. The van der Waals surface area contributed by atoms with Crippen molar-refractivity contribution in [2.24, 2.45) is 5.92 Å². The topological polar surface area (TPSA) is 58.6 Å². The summed E-state index contributed by atoms with van der Waals surface area (Å²) in [7, 11) is 0. The monoisotopic (exact) mass is 288 g/mol. The van der Waals surface area contributed by atoms with Crippen molar-refractivity contribution in [3.05, 3.63) is 35.9 Å². The molecule has 112 valence electrons. The second kappa shape index (κ2) is 5.85. The lowest BCUT2D eigenvalue weighted by Gasteiger charge is -2.38. The van der Waals surface area contributed by atoms with E-state index < -0.39 is 12.1 Å². The van der Waals surface area contributed by atoms with E-state index in [1.165, 1.54) is 0 Å². The summed E-state index contributed by atoms with van der Waals surface area (Å²) in [6, 6.07) is 8.40. The molecule has 5 heteroatoms. The van der Waals surface area contributed by atoms with E-state index >= 15 is 0 Å². The molecule has 2 amide bonds. The molecule has 1 aromatic carbocycles. The molecule has 2 heterocycles. The van der Waals surface area contributed by atoms with Crippen LogP contribution in [0.1, 0.15) is 24.9 Å². The lowest BCUT2D eigenvalue weighted by atomic mass is 9.99. The highest BCUT2D eigenvalue weighted by Gasteiger charge is 2.39. The van der Waals surface area contributed by atoms with Crippen LogP contribution >= 0.6 is 0 Å². The largest absolute Gasteiger partial charge is 0.381 e. The number of benzene rings is 1. The second-order valence-electron chi connectivity index (χ2n) is 5.75. The molecule has 0 saturated carbocycles. The third kappa shape index (κ3) is 2.78. The number of carbonyl (C=O) groups is 2. The summed E-state index contributed by atoms with van der Waals surface area (Å²) in [6.45, 7) is 3.80. The highest BCUT2D eigenvalue weighted by molar-refractivity contribution is 5.97. The molecule has 5 nitrogen and oxygen atoms in total. The molecule has 2 aliphatic heterocycles. The fourth-order valence-electron chi connectivity index (χ4n) is 2.95. The van der Waals surface area contributed by atoms with E-state index in [4.69, 9.17) is 4.74 Å². The molecular weight excluding hydrogens is 268 g/mol. The number of rotatable bonds is 3. The fourth-order valence-corrected chi connectivity index (χ4v) is 2.95. The Morgan fingerprint density at radius 1 is 1.29 bits per heavy atom. The molecule has 0 radical (unpaired) electrons. The normalized spacial score (nSPS) is 29.6. The Morgan fingerprint density at radius 3 is 2.71 bits per heavy atom. The molecule has 21 heavy (non-hydrogen) atoms. The third-order valence-corrected chi connectivity index (χ3v) is 4.28. The number of hydrogen-bond donors (Lipinski definition) is 1. The zero-order valence-corrected chi connectivity index (χ0v) is 12.1. The van der Waals surface area contributed by atoms with Crippen LogP contribution in [0.5, 0.6) is 0 Å². The van der Waals surface area contributed by atoms with Gasteiger partial charge in [0.05, 0.1) is 6.61 Å². The van der Waals surface area contributed by atoms with Crippen LogP contribution in [-0.4, -0.2) is 42.5 Å². The minimum Gasteiger partial charge on any atom is -0.381 e. The molecule has 1 N–H and O–H groups in total. The SMILES string of the molecule is CC1C(=O)NC(c2ccccc2)C(=O)N1CC1CCOC1. The summed E-state index contributed by atoms with van der Waals surface area (Å²) in [5.74, 6) is 0.210. The molecule has 0 bridgehead atoms. The lowest BCUT2D eigenvalue weighted by molar-refractivity contribution is -0.149. The first-order chi connectivity index (χ1) is 10.2. The Hall–Kier alpha value is -1.88. The summed E-state index contributed by atoms with van der Waals surface area (Å²) in [5.41, 5.74) is 0.829. The van der Waals surface area contributed by atoms with Gasteiger partial charge in [0.2, 0.25) is 11.8 Å². The van der Waals surface area contributed by atoms with Gasteiger partial charge in [-0.1, -0.05) is 30.3 Å². The van der Waals surface area contributed by atoms with Crippen LogP contribution < -0.4 is 5.32 Å². The maximum atomic E-state index is 12.7. The van der Waals surface area contributed by atoms with E-state index in [2.05, 4.69) is 5.32 Å². The zero-order chi connectivity index (χ0) is 14.8. The smallest absolute Gasteiger partial charge is 0.250 e. The van der Waals surface area contributed by atoms with Crippen LogP contribution in [0.3, 0.4) is 0 Å². The van der Waals surface area contributed by atoms with Crippen molar-refractivity contribution in [2.45, 2.75) is 25.4 Å². The quantitative estimate of drug-likeness (QED) is 0.906. The van der Waals surface area contributed by atoms with Crippen LogP contribution in [-0.2, 0) is 14.3 Å². The van der Waals surface area contributed by atoms with Crippen LogP contribution in [0.2, 0.25) is 0 Å². The average Bonchev–Trinajstić information content (AvgIpc) is 3.01. The molecule has 0 spiro atoms. The van der Waals surface area contributed by atoms with Gasteiger partial charge in [-0.3, -0.25) is 9.59 Å². The van der Waals surface area contributed by atoms with Gasteiger partial charge in [-0.25, -0.2) is 0 Å². The van der Waals surface area contributed by atoms with Gasteiger partial charge in [-0.2, -0.15) is 0 Å². The third-order valence-electron chi connectivity index (χ3n) is 4.28. The molecule has 2 fully saturated rings. The molecular formula is C16H20N2O3. The lowest BCUT2D eigenvalue weighted by Crippen LogP contribution is -2.59. The summed E-state index contributed by atoms with van der Waals surface area (Å²) in [4.78, 5) is 26.6. The number of amides is 2. The van der Waals surface area contributed by atoms with E-state index in [0.717, 1.165) is 18.6 Å². The first-order valence-electron chi connectivity index (χ1n) is 7.40. The summed E-state index contributed by atoms with van der Waals surface area (Å²) >= 11 is 0. The second-order valence-corrected chi connectivity index (χ2v) is 5.75. The van der Waals surface area contributed by atoms with Crippen molar-refractivity contribution in [2.75, 3.05) is 19.8 Å². The van der Waals surface area contributed by atoms with Crippen molar-refractivity contribution in [1.82, 2.24) is 10.2 Å². The molecule has 2 saturated heterocycles. The summed E-state index contributed by atoms with van der Waals surface area (Å²) in [5, 5.41) is 2.83. The van der Waals surface area contributed by atoms with E-state index in [1.54, 1.807) is 11.8 Å². The number of hydrogen-bond acceptors (Lipinski definition) is 3. The molecule has 3 unspecified atom stereocenters. The minimum absolute atomic E-state index is 0.0276. The minimum atomic E-state index is -0.572. The van der Waals surface area contributed by atoms with Gasteiger partial charge in [-0.05, 0) is 18.9 Å². The van der Waals surface area contributed by atoms with E-state index in [9.17, 15) is 9.59 Å². The molecule has 1 aromatic rings. The van der Waals surface area contributed by atoms with Gasteiger partial charge < -0.3 is 15.0 Å². The van der Waals surface area contributed by atoms with E-state index in [1.807, 2.05) is 30.3 Å². The average molecular weight is 288 g/mol. The van der Waals surface area contributed by atoms with E-state index in [0.29, 0.717) is 19.1 Å². The highest BCUT2D eigenvalue weighted by Crippen LogP contribution is 2.24. The van der Waals surface area contributed by atoms with Crippen LogP contribution in [0, 0.1) is 5.92 Å². The van der Waals surface area contributed by atoms with E-state index in [-0.39, 0.29) is 11.8 Å². The van der Waals surface area contributed by atoms with Gasteiger partial charge in [-0.15, -0.1) is 0 Å². The molecule has 2 aliphatic rings. The van der Waals surface area contributed by atoms with Crippen LogP contribution in [0.4, 0.5) is 0 Å². The first-order valence-corrected chi connectivity index (χ1v) is 7.40. The maximum Gasteiger partial charge on any atom is 0.250 e. The molecule has 3 rings (SSSR count). The summed E-state index contributed by atoms with van der Waals surface area (Å²) < 4.78 is 5.37. The fraction of sp³-hybridized carbons (Fsp3) is 0.500. The molecule has 0 aliphatic carbocycles. The Labute approximate surface area is 124 Å². The van der Waals surface area contributed by atoms with Crippen molar-refractivity contribution in [1.29, 1.82) is 0 Å². The molecule has 3 atom stereocenters. The number of nitrogens with one attached hydrogen (secondary N) is 1. The van der Waals surface area contributed by atoms with Crippen molar-refractivity contribution in [3.63, 3.8) is 0 Å². The number of carbonyl (C=O) groups excluding carboxylic acids is 2. The predicted molar refractivity (Wildman–Crippen MR) is 77.4 cm³/mol. The number of piperazine rings is 1. The Morgan fingerprint density at radius 2 is 2.05 bits per heavy atom. The van der Waals surface area contributed by atoms with Gasteiger partial charge in [0, 0.05) is 19.1 Å². The Kier molecular flexibility index (Phi) is 3.92. The van der Waals surface area contributed by atoms with Gasteiger partial charge >= 0.3 is 0 Å². The maximum absolute atomic E-state index is 12.7. The standard InChI is InChI=1S/C16H20N2O3/c1-11-15(19)17-14(13-5-3-2-4-6-13)16(20)18(11)9-12-7-8-21-10-12/h2-6,11-12,14H,7-10H2,1H3,(H,17,19). The number of ether oxygens (including phenoxy) is 1. The van der Waals surface area contributed by atoms with Crippen molar-refractivity contribution >= 4 is 11.8 Å². The van der Waals surface area contributed by atoms with Crippen LogP contribution in [0.25, 0.3) is 0 Å². The summed E-state index contributed by atoms with van der Waals surface area (Å²) in [6.07, 6.45) is 0.953. The highest BCUT2D eigenvalue weighted by atomic mass is 16.5. The van der Waals surface area contributed by atoms with Gasteiger partial charge in [0.1, 0.15) is 12.1 Å². The predicted octanol–water partition coefficient (Wildman–Crippen LogP) is 1.11. The zero-order valence-electron chi connectivity index (χ0n) is 12.1. The van der Waals surface area contributed by atoms with Crippen LogP contribution in [0.15, 0.2) is 30.3 Å². The van der Waals surface area contributed by atoms with Crippen molar-refractivity contribution in [3.8, 4) is 0 Å². The van der Waals surface area contributed by atoms with Gasteiger partial charge in [0.15, 0.2) is 0 Å². The Balaban J connectivity index is 1.81.